The van der Waals surface area contributed by atoms with Gasteiger partial charge in [0.05, 0.1) is 18.9 Å². The predicted octanol–water partition coefficient (Wildman–Crippen LogP) is 5.04. The van der Waals surface area contributed by atoms with Crippen LogP contribution >= 0.6 is 0 Å². The first kappa shape index (κ1) is 25.4. The molecule has 158 valence electrons. The lowest BCUT2D eigenvalue weighted by molar-refractivity contribution is -0.145. The number of esters is 1. The molecule has 0 heterocycles. The molecule has 0 aliphatic heterocycles. The van der Waals surface area contributed by atoms with E-state index >= 15 is 0 Å². The van der Waals surface area contributed by atoms with Crippen molar-refractivity contribution in [3.63, 3.8) is 0 Å². The van der Waals surface area contributed by atoms with Crippen molar-refractivity contribution in [3.8, 4) is 0 Å². The number of carbonyl (C=O) groups excluding carboxylic acids is 1. The van der Waals surface area contributed by atoms with Gasteiger partial charge in [-0.15, -0.1) is 0 Å². The first-order valence-electron chi connectivity index (χ1n) is 10.4. The fourth-order valence-electron chi connectivity index (χ4n) is 3.29. The van der Waals surface area contributed by atoms with Gasteiger partial charge >= 0.3 is 17.9 Å². The summed E-state index contributed by atoms with van der Waals surface area (Å²) in [4.78, 5) is 33.9. The molecular formula is C21H38O6. The Balaban J connectivity index is 4.04. The molecule has 0 aromatic rings. The highest BCUT2D eigenvalue weighted by molar-refractivity contribution is 5.71. The number of hydrogen-bond donors (Lipinski definition) is 2. The maximum absolute atomic E-state index is 11.5. The topological polar surface area (TPSA) is 101 Å². The highest BCUT2D eigenvalue weighted by Gasteiger charge is 2.22. The number of ether oxygens (including phenoxy) is 1. The van der Waals surface area contributed by atoms with Crippen LogP contribution in [0, 0.1) is 11.8 Å². The van der Waals surface area contributed by atoms with Gasteiger partial charge in [-0.1, -0.05) is 58.3 Å². The molecule has 0 rings (SSSR count). The smallest absolute Gasteiger partial charge is 0.306 e. The minimum Gasteiger partial charge on any atom is -0.481 e. The minimum absolute atomic E-state index is 0.191. The normalized spacial score (nSPS) is 13.1. The van der Waals surface area contributed by atoms with Gasteiger partial charge in [0.1, 0.15) is 0 Å². The summed E-state index contributed by atoms with van der Waals surface area (Å²) >= 11 is 0. The molecule has 0 bridgehead atoms. The molecule has 0 spiro atoms. The van der Waals surface area contributed by atoms with Crippen LogP contribution in [0.25, 0.3) is 0 Å². The number of carboxylic acids is 2. The van der Waals surface area contributed by atoms with Crippen LogP contribution in [0.4, 0.5) is 0 Å². The minimum atomic E-state index is -0.823. The molecule has 0 aliphatic carbocycles. The van der Waals surface area contributed by atoms with E-state index in [9.17, 15) is 24.6 Å². The predicted molar refractivity (Wildman–Crippen MR) is 105 cm³/mol. The Hall–Kier alpha value is -1.59. The van der Waals surface area contributed by atoms with Crippen LogP contribution in [0.3, 0.4) is 0 Å². The molecule has 6 heteroatoms. The summed E-state index contributed by atoms with van der Waals surface area (Å²) in [6.45, 7) is 2.12. The summed E-state index contributed by atoms with van der Waals surface area (Å²) in [6, 6.07) is 0. The van der Waals surface area contributed by atoms with E-state index in [1.165, 1.54) is 7.11 Å². The Kier molecular flexibility index (Phi) is 15.6. The molecule has 0 saturated heterocycles. The summed E-state index contributed by atoms with van der Waals surface area (Å²) in [5, 5.41) is 18.8. The molecule has 0 fully saturated rings. The Labute approximate surface area is 163 Å². The fourth-order valence-corrected chi connectivity index (χ4v) is 3.29. The van der Waals surface area contributed by atoms with E-state index in [-0.39, 0.29) is 5.97 Å². The van der Waals surface area contributed by atoms with Crippen molar-refractivity contribution in [3.05, 3.63) is 0 Å². The second-order valence-electron chi connectivity index (χ2n) is 7.38. The Morgan fingerprint density at radius 3 is 1.59 bits per heavy atom. The van der Waals surface area contributed by atoms with Crippen LogP contribution in [-0.2, 0) is 19.1 Å². The zero-order valence-electron chi connectivity index (χ0n) is 17.1. The molecule has 0 saturated carbocycles. The molecule has 0 amide bonds. The molecule has 2 unspecified atom stereocenters. The highest BCUT2D eigenvalue weighted by atomic mass is 16.5. The number of rotatable bonds is 18. The quantitative estimate of drug-likeness (QED) is 0.253. The van der Waals surface area contributed by atoms with Gasteiger partial charge < -0.3 is 14.9 Å². The lowest BCUT2D eigenvalue weighted by Crippen LogP contribution is -2.19. The number of carboxylic acid groups (broad SMARTS) is 2. The van der Waals surface area contributed by atoms with Gasteiger partial charge in [-0.05, 0) is 32.1 Å². The average molecular weight is 387 g/mol. The summed E-state index contributed by atoms with van der Waals surface area (Å²) in [5.41, 5.74) is 0. The van der Waals surface area contributed by atoms with Gasteiger partial charge in [0, 0.05) is 6.42 Å². The Morgan fingerprint density at radius 1 is 0.704 bits per heavy atom. The first-order valence-corrected chi connectivity index (χ1v) is 10.4. The molecule has 6 nitrogen and oxygen atoms in total. The van der Waals surface area contributed by atoms with E-state index in [0.29, 0.717) is 32.1 Å². The maximum atomic E-state index is 11.5. The van der Waals surface area contributed by atoms with Crippen molar-refractivity contribution >= 4 is 17.9 Å². The second-order valence-corrected chi connectivity index (χ2v) is 7.38. The lowest BCUT2D eigenvalue weighted by Gasteiger charge is -2.16. The van der Waals surface area contributed by atoms with Crippen molar-refractivity contribution < 1.29 is 29.3 Å². The van der Waals surface area contributed by atoms with Gasteiger partial charge in [0.15, 0.2) is 0 Å². The molecule has 0 aliphatic rings. The van der Waals surface area contributed by atoms with Gasteiger partial charge in [-0.3, -0.25) is 14.4 Å². The van der Waals surface area contributed by atoms with Crippen molar-refractivity contribution in [2.24, 2.45) is 11.8 Å². The summed E-state index contributed by atoms with van der Waals surface area (Å²) in [7, 11) is 1.38. The highest BCUT2D eigenvalue weighted by Crippen LogP contribution is 2.23. The van der Waals surface area contributed by atoms with Crippen molar-refractivity contribution in [2.75, 3.05) is 7.11 Å². The SMILES string of the molecule is CCCCCCC(CCC(CCCCCCCC(=O)OC)C(=O)O)C(=O)O. The average Bonchev–Trinajstić information content (AvgIpc) is 2.63. The van der Waals surface area contributed by atoms with Gasteiger partial charge in [0.25, 0.3) is 0 Å². The zero-order valence-corrected chi connectivity index (χ0v) is 17.1. The number of carbonyl (C=O) groups is 3. The van der Waals surface area contributed by atoms with E-state index in [0.717, 1.165) is 57.8 Å². The van der Waals surface area contributed by atoms with Gasteiger partial charge in [0.2, 0.25) is 0 Å². The van der Waals surface area contributed by atoms with E-state index in [1.807, 2.05) is 0 Å². The van der Waals surface area contributed by atoms with Crippen LogP contribution in [-0.4, -0.2) is 35.2 Å². The molecular weight excluding hydrogens is 348 g/mol. The monoisotopic (exact) mass is 386 g/mol. The second kappa shape index (κ2) is 16.6. The molecule has 0 radical (unpaired) electrons. The van der Waals surface area contributed by atoms with Crippen LogP contribution in [0.15, 0.2) is 0 Å². The first-order chi connectivity index (χ1) is 12.9. The van der Waals surface area contributed by atoms with Crippen LogP contribution in [0.5, 0.6) is 0 Å². The van der Waals surface area contributed by atoms with Gasteiger partial charge in [-0.2, -0.15) is 0 Å². The van der Waals surface area contributed by atoms with Crippen molar-refractivity contribution in [1.82, 2.24) is 0 Å². The number of hydrogen-bond acceptors (Lipinski definition) is 4. The fraction of sp³-hybridized carbons (Fsp3) is 0.857. The summed E-state index contributed by atoms with van der Waals surface area (Å²) in [5.74, 6) is -2.71. The summed E-state index contributed by atoms with van der Waals surface area (Å²) in [6.07, 6.45) is 11.2. The van der Waals surface area contributed by atoms with Crippen molar-refractivity contribution in [2.45, 2.75) is 96.8 Å². The van der Waals surface area contributed by atoms with E-state index < -0.39 is 23.8 Å². The summed E-state index contributed by atoms with van der Waals surface area (Å²) < 4.78 is 4.59. The number of aliphatic carboxylic acids is 2. The van der Waals surface area contributed by atoms with Crippen LogP contribution < -0.4 is 0 Å². The third-order valence-electron chi connectivity index (χ3n) is 5.13. The van der Waals surface area contributed by atoms with Crippen LogP contribution in [0.1, 0.15) is 96.8 Å². The number of unbranched alkanes of at least 4 members (excludes halogenated alkanes) is 7. The van der Waals surface area contributed by atoms with E-state index in [2.05, 4.69) is 11.7 Å². The van der Waals surface area contributed by atoms with Gasteiger partial charge in [-0.25, -0.2) is 0 Å². The molecule has 2 atom stereocenters. The van der Waals surface area contributed by atoms with Crippen LogP contribution in [0.2, 0.25) is 0 Å². The largest absolute Gasteiger partial charge is 0.481 e. The molecule has 2 N–H and O–H groups in total. The standard InChI is InChI=1S/C21H38O6/c1-3-4-5-9-12-17(20(23)24)15-16-18(21(25)26)13-10-7-6-8-11-14-19(22)27-2/h17-18H,3-16H2,1-2H3,(H,23,24)(H,25,26). The zero-order chi connectivity index (χ0) is 20.5. The molecule has 27 heavy (non-hydrogen) atoms. The Bertz CT molecular complexity index is 421. The lowest BCUT2D eigenvalue weighted by atomic mass is 9.89. The number of methoxy groups -OCH3 is 1. The molecule has 0 aromatic heterocycles. The molecule has 0 aromatic carbocycles. The third-order valence-corrected chi connectivity index (χ3v) is 5.13. The van der Waals surface area contributed by atoms with E-state index in [4.69, 9.17) is 0 Å². The van der Waals surface area contributed by atoms with Crippen molar-refractivity contribution in [1.29, 1.82) is 0 Å². The third kappa shape index (κ3) is 14.2. The van der Waals surface area contributed by atoms with E-state index in [1.54, 1.807) is 0 Å². The maximum Gasteiger partial charge on any atom is 0.306 e. The Morgan fingerprint density at radius 2 is 1.15 bits per heavy atom.